The molecule has 3 aromatic carbocycles. The van der Waals surface area contributed by atoms with Gasteiger partial charge in [0, 0.05) is 17.1 Å². The fourth-order valence-electron chi connectivity index (χ4n) is 4.17. The van der Waals surface area contributed by atoms with Crippen LogP contribution in [0.5, 0.6) is 18.0 Å². The number of hydrogen-bond donors (Lipinski definition) is 5. The van der Waals surface area contributed by atoms with Gasteiger partial charge in [0.1, 0.15) is 9.79 Å². The maximum atomic E-state index is 12.4. The summed E-state index contributed by atoms with van der Waals surface area (Å²) < 4.78 is 84.7. The smallest absolute Gasteiger partial charge is 0.324 e. The van der Waals surface area contributed by atoms with Crippen molar-refractivity contribution in [1.29, 1.82) is 0 Å². The van der Waals surface area contributed by atoms with E-state index in [1.54, 1.807) is 12.1 Å². The van der Waals surface area contributed by atoms with Gasteiger partial charge in [-0.05, 0) is 47.5 Å². The van der Waals surface area contributed by atoms with E-state index in [1.807, 2.05) is 18.2 Å². The number of nitrogens with one attached hydrogen (secondary N) is 3. The molecule has 0 unspecified atom stereocenters. The molecule has 2 aromatic heterocycles. The lowest BCUT2D eigenvalue weighted by Gasteiger charge is -2.12. The highest BCUT2D eigenvalue weighted by atomic mass is 32.2. The van der Waals surface area contributed by atoms with Crippen molar-refractivity contribution in [3.63, 3.8) is 0 Å². The molecule has 0 saturated carbocycles. The maximum Gasteiger partial charge on any atom is 0.324 e. The molecule has 49 heavy (non-hydrogen) atoms. The van der Waals surface area contributed by atoms with Gasteiger partial charge in [-0.3, -0.25) is 9.11 Å². The molecule has 0 spiro atoms. The van der Waals surface area contributed by atoms with E-state index in [2.05, 4.69) is 45.9 Å². The third kappa shape index (κ3) is 8.90. The Hall–Kier alpha value is -5.96. The summed E-state index contributed by atoms with van der Waals surface area (Å²) in [6.45, 7) is 0. The average Bonchev–Trinajstić information content (AvgIpc) is 3.07. The van der Waals surface area contributed by atoms with Crippen LogP contribution in [0, 0.1) is 0 Å². The molecule has 0 amide bonds. The van der Waals surface area contributed by atoms with Crippen LogP contribution in [0.2, 0.25) is 0 Å². The molecule has 0 aliphatic heterocycles. The van der Waals surface area contributed by atoms with E-state index < -0.39 is 30.0 Å². The predicted octanol–water partition coefficient (Wildman–Crippen LogP) is 3.98. The summed E-state index contributed by atoms with van der Waals surface area (Å²) >= 11 is 0. The molecule has 0 aliphatic rings. The molecule has 20 heteroatoms. The Bertz CT molecular complexity index is 2220. The molecule has 5 rings (SSSR count). The summed E-state index contributed by atoms with van der Waals surface area (Å²) in [5.74, 6) is 0.0909. The number of benzene rings is 3. The van der Waals surface area contributed by atoms with Crippen LogP contribution in [0.25, 0.3) is 12.2 Å². The fourth-order valence-corrected chi connectivity index (χ4v) is 5.59. The lowest BCUT2D eigenvalue weighted by molar-refractivity contribution is 0.341. The minimum absolute atomic E-state index is 0.00425. The van der Waals surface area contributed by atoms with Crippen molar-refractivity contribution in [2.45, 2.75) is 9.79 Å². The first-order chi connectivity index (χ1) is 23.3. The van der Waals surface area contributed by atoms with Gasteiger partial charge in [-0.15, -0.1) is 4.98 Å². The number of aromatic nitrogens is 6. The van der Waals surface area contributed by atoms with E-state index in [-0.39, 0.29) is 58.4 Å². The largest absolute Gasteiger partial charge is 0.467 e. The molecule has 0 saturated heterocycles. The Kier molecular flexibility index (Phi) is 10.1. The molecule has 5 aromatic rings. The molecular weight excluding hydrogens is 683 g/mol. The third-order valence-electron chi connectivity index (χ3n) is 6.32. The van der Waals surface area contributed by atoms with Crippen molar-refractivity contribution < 1.29 is 40.2 Å². The standard InChI is InChI=1S/C29H27N9O9S2/c1-45-27-34-24(30-19-7-5-4-6-8-19)33-25(35-27)31-20-13-11-17(22(15-20)48(39,40)41)9-10-18-12-14-21(16-23(18)49(42,43)44)32-26-36-28(46-2)38-29(37-26)47-3/h4-16H,1-3H3,(H,39,40,41)(H,42,43,44)(H,32,36,37,38)(H2,30,31,33,34,35)/b10-9+. The van der Waals surface area contributed by atoms with E-state index in [1.165, 1.54) is 57.7 Å². The predicted molar refractivity (Wildman–Crippen MR) is 177 cm³/mol. The van der Waals surface area contributed by atoms with Crippen LogP contribution in [0.15, 0.2) is 76.5 Å². The summed E-state index contributed by atoms with van der Waals surface area (Å²) in [5, 5.41) is 8.65. The lowest BCUT2D eigenvalue weighted by atomic mass is 10.1. The molecule has 2 heterocycles. The van der Waals surface area contributed by atoms with Gasteiger partial charge < -0.3 is 30.2 Å². The minimum atomic E-state index is -4.80. The number of methoxy groups -OCH3 is 3. The highest BCUT2D eigenvalue weighted by molar-refractivity contribution is 7.86. The molecule has 18 nitrogen and oxygen atoms in total. The summed E-state index contributed by atoms with van der Waals surface area (Å²) in [7, 11) is -5.56. The number of anilines is 6. The van der Waals surface area contributed by atoms with Crippen LogP contribution in [-0.2, 0) is 20.2 Å². The number of hydrogen-bond acceptors (Lipinski definition) is 16. The first-order valence-corrected chi connectivity index (χ1v) is 16.6. The van der Waals surface area contributed by atoms with E-state index >= 15 is 0 Å². The van der Waals surface area contributed by atoms with Crippen LogP contribution in [0.4, 0.5) is 34.9 Å². The monoisotopic (exact) mass is 709 g/mol. The van der Waals surface area contributed by atoms with Gasteiger partial charge in [-0.1, -0.05) is 42.5 Å². The molecule has 0 atom stereocenters. The van der Waals surface area contributed by atoms with Crippen LogP contribution in [-0.4, -0.2) is 77.2 Å². The Labute approximate surface area is 279 Å². The zero-order valence-electron chi connectivity index (χ0n) is 25.8. The van der Waals surface area contributed by atoms with Crippen molar-refractivity contribution in [2.75, 3.05) is 37.3 Å². The summed E-state index contributed by atoms with van der Waals surface area (Å²) in [6.07, 6.45) is 2.50. The first kappa shape index (κ1) is 34.4. The summed E-state index contributed by atoms with van der Waals surface area (Å²) in [6, 6.07) is 16.8. The molecule has 0 bridgehead atoms. The topological polar surface area (TPSA) is 250 Å². The van der Waals surface area contributed by atoms with Crippen molar-refractivity contribution in [3.05, 3.63) is 77.9 Å². The molecule has 0 radical (unpaired) electrons. The van der Waals surface area contributed by atoms with Crippen molar-refractivity contribution in [2.24, 2.45) is 0 Å². The first-order valence-electron chi connectivity index (χ1n) is 13.8. The van der Waals surface area contributed by atoms with Crippen LogP contribution >= 0.6 is 0 Å². The van der Waals surface area contributed by atoms with Gasteiger partial charge in [-0.2, -0.15) is 41.8 Å². The number of ether oxygens (including phenoxy) is 3. The maximum absolute atomic E-state index is 12.4. The second-order valence-electron chi connectivity index (χ2n) is 9.63. The van der Waals surface area contributed by atoms with Crippen molar-refractivity contribution in [1.82, 2.24) is 29.9 Å². The van der Waals surface area contributed by atoms with Gasteiger partial charge in [-0.25, -0.2) is 0 Å². The zero-order valence-corrected chi connectivity index (χ0v) is 27.4. The van der Waals surface area contributed by atoms with Gasteiger partial charge in [0.25, 0.3) is 20.2 Å². The Morgan fingerprint density at radius 2 is 0.918 bits per heavy atom. The minimum Gasteiger partial charge on any atom is -0.467 e. The third-order valence-corrected chi connectivity index (χ3v) is 8.14. The Morgan fingerprint density at radius 1 is 0.531 bits per heavy atom. The Balaban J connectivity index is 1.44. The van der Waals surface area contributed by atoms with E-state index in [4.69, 9.17) is 14.2 Å². The van der Waals surface area contributed by atoms with Crippen molar-refractivity contribution in [3.8, 4) is 18.0 Å². The van der Waals surface area contributed by atoms with Crippen molar-refractivity contribution >= 4 is 67.3 Å². The van der Waals surface area contributed by atoms with Crippen LogP contribution in [0.3, 0.4) is 0 Å². The molecular formula is C29H27N9O9S2. The lowest BCUT2D eigenvalue weighted by Crippen LogP contribution is -2.07. The number of para-hydroxylation sites is 1. The number of nitrogens with zero attached hydrogens (tertiary/aromatic N) is 6. The highest BCUT2D eigenvalue weighted by Gasteiger charge is 2.19. The van der Waals surface area contributed by atoms with E-state index in [9.17, 15) is 25.9 Å². The Morgan fingerprint density at radius 3 is 1.33 bits per heavy atom. The van der Waals surface area contributed by atoms with Crippen LogP contribution in [0.1, 0.15) is 11.1 Å². The summed E-state index contributed by atoms with van der Waals surface area (Å²) in [4.78, 5) is 23.4. The van der Waals surface area contributed by atoms with Gasteiger partial charge in [0.15, 0.2) is 0 Å². The summed E-state index contributed by atoms with van der Waals surface area (Å²) in [5.41, 5.74) is 0.993. The number of rotatable bonds is 13. The van der Waals surface area contributed by atoms with Crippen LogP contribution < -0.4 is 30.2 Å². The van der Waals surface area contributed by atoms with Gasteiger partial charge in [0.2, 0.25) is 17.8 Å². The SMILES string of the molecule is COc1nc(Nc2ccccc2)nc(Nc2ccc(/C=C/c3ccc(Nc4nc(OC)nc(OC)n4)cc3S(=O)(=O)O)c(S(=O)(=O)O)c2)n1. The molecule has 0 aliphatic carbocycles. The normalized spacial score (nSPS) is 11.6. The second-order valence-corrected chi connectivity index (χ2v) is 12.4. The molecule has 5 N–H and O–H groups in total. The zero-order chi connectivity index (χ0) is 35.2. The molecule has 0 fully saturated rings. The fraction of sp³-hybridized carbons (Fsp3) is 0.103. The van der Waals surface area contributed by atoms with Gasteiger partial charge >= 0.3 is 18.0 Å². The quantitative estimate of drug-likeness (QED) is 0.0856. The highest BCUT2D eigenvalue weighted by Crippen LogP contribution is 2.28. The second kappa shape index (κ2) is 14.4. The average molecular weight is 710 g/mol. The van der Waals surface area contributed by atoms with E-state index in [0.717, 1.165) is 12.1 Å². The molecule has 254 valence electrons. The van der Waals surface area contributed by atoms with E-state index in [0.29, 0.717) is 5.69 Å². The van der Waals surface area contributed by atoms with Gasteiger partial charge in [0.05, 0.1) is 21.3 Å².